The summed E-state index contributed by atoms with van der Waals surface area (Å²) in [5.74, 6) is 6.21. The highest BCUT2D eigenvalue weighted by Gasteiger charge is 2.02. The van der Waals surface area contributed by atoms with E-state index in [1.807, 2.05) is 30.4 Å². The summed E-state index contributed by atoms with van der Waals surface area (Å²) < 4.78 is 1.10. The Morgan fingerprint density at radius 3 is 2.47 bits per heavy atom. The molecular weight excluding hydrogens is 248 g/mol. The molecule has 0 atom stereocenters. The van der Waals surface area contributed by atoms with Crippen molar-refractivity contribution in [3.05, 3.63) is 40.4 Å². The van der Waals surface area contributed by atoms with Gasteiger partial charge < -0.3 is 0 Å². The van der Waals surface area contributed by atoms with Gasteiger partial charge in [-0.2, -0.15) is 0 Å². The zero-order valence-electron chi connectivity index (χ0n) is 9.34. The number of hydrogen-bond acceptors (Lipinski definition) is 0. The average molecular weight is 263 g/mol. The maximum atomic E-state index is 3.49. The first-order valence-electron chi connectivity index (χ1n) is 4.93. The maximum Gasteiger partial charge on any atom is 0.0247 e. The summed E-state index contributed by atoms with van der Waals surface area (Å²) in [6.07, 6.45) is 3.91. The van der Waals surface area contributed by atoms with Crippen LogP contribution >= 0.6 is 15.9 Å². The van der Waals surface area contributed by atoms with Crippen LogP contribution in [0.3, 0.4) is 0 Å². The third-order valence-electron chi connectivity index (χ3n) is 1.70. The van der Waals surface area contributed by atoms with Crippen LogP contribution in [0.5, 0.6) is 0 Å². The molecule has 1 heteroatoms. The Bertz CT molecular complexity index is 411. The van der Waals surface area contributed by atoms with Gasteiger partial charge in [-0.15, -0.1) is 0 Å². The Hall–Kier alpha value is -1.00. The molecule has 0 N–H and O–H groups in total. The molecule has 15 heavy (non-hydrogen) atoms. The van der Waals surface area contributed by atoms with E-state index in [-0.39, 0.29) is 5.41 Å². The van der Waals surface area contributed by atoms with E-state index in [0.717, 1.165) is 10.0 Å². The van der Waals surface area contributed by atoms with Crippen LogP contribution in [-0.2, 0) is 0 Å². The Labute approximate surface area is 101 Å². The first kappa shape index (κ1) is 12.1. The summed E-state index contributed by atoms with van der Waals surface area (Å²) in [5.41, 5.74) is 1.22. The van der Waals surface area contributed by atoms with Gasteiger partial charge in [0.1, 0.15) is 0 Å². The van der Waals surface area contributed by atoms with Crippen molar-refractivity contribution in [3.63, 3.8) is 0 Å². The van der Waals surface area contributed by atoms with E-state index in [1.165, 1.54) is 0 Å². The molecule has 1 aromatic rings. The minimum absolute atomic E-state index is 0.0677. The lowest BCUT2D eigenvalue weighted by molar-refractivity contribution is 0.571. The monoisotopic (exact) mass is 262 g/mol. The van der Waals surface area contributed by atoms with Crippen molar-refractivity contribution in [1.29, 1.82) is 0 Å². The van der Waals surface area contributed by atoms with Gasteiger partial charge in [0, 0.05) is 9.89 Å². The summed E-state index contributed by atoms with van der Waals surface area (Å²) in [4.78, 5) is 0. The number of allylic oxidation sites excluding steroid dienone is 1. The van der Waals surface area contributed by atoms with E-state index >= 15 is 0 Å². The van der Waals surface area contributed by atoms with Crippen molar-refractivity contribution in [2.45, 2.75) is 20.8 Å². The summed E-state index contributed by atoms with van der Waals surface area (Å²) in [6, 6.07) is 8.10. The third kappa shape index (κ3) is 4.85. The van der Waals surface area contributed by atoms with Crippen LogP contribution in [0.2, 0.25) is 0 Å². The Morgan fingerprint density at radius 2 is 1.87 bits per heavy atom. The molecular formula is C14H15Br. The van der Waals surface area contributed by atoms with E-state index in [1.54, 1.807) is 0 Å². The highest BCUT2D eigenvalue weighted by Crippen LogP contribution is 2.17. The van der Waals surface area contributed by atoms with Gasteiger partial charge in [0.25, 0.3) is 0 Å². The van der Waals surface area contributed by atoms with E-state index in [4.69, 9.17) is 0 Å². The number of benzene rings is 1. The molecule has 1 rings (SSSR count). The summed E-state index contributed by atoms with van der Waals surface area (Å²) in [6.45, 7) is 6.31. The first-order valence-corrected chi connectivity index (χ1v) is 5.72. The van der Waals surface area contributed by atoms with Gasteiger partial charge in [-0.25, -0.2) is 0 Å². The van der Waals surface area contributed by atoms with E-state index in [0.29, 0.717) is 0 Å². The van der Waals surface area contributed by atoms with Crippen molar-refractivity contribution in [3.8, 4) is 11.8 Å². The molecule has 0 fully saturated rings. The standard InChI is InChI=1S/C14H15Br/c1-14(2,3)11-7-6-9-12-8-4-5-10-13(12)15/h4-6,8-10H,1-3H3. The molecule has 0 saturated carbocycles. The molecule has 0 aliphatic heterocycles. The Balaban J connectivity index is 2.74. The van der Waals surface area contributed by atoms with E-state index < -0.39 is 0 Å². The molecule has 0 aliphatic rings. The normalized spacial score (nSPS) is 11.2. The lowest BCUT2D eigenvalue weighted by Gasteiger charge is -2.05. The number of hydrogen-bond donors (Lipinski definition) is 0. The van der Waals surface area contributed by atoms with Crippen LogP contribution in [0, 0.1) is 17.3 Å². The summed E-state index contributed by atoms with van der Waals surface area (Å²) in [5, 5.41) is 0. The number of halogens is 1. The predicted octanol–water partition coefficient (Wildman–Crippen LogP) is 4.51. The molecule has 0 aromatic heterocycles. The minimum atomic E-state index is 0.0677. The second-order valence-corrected chi connectivity index (χ2v) is 5.23. The van der Waals surface area contributed by atoms with Gasteiger partial charge >= 0.3 is 0 Å². The van der Waals surface area contributed by atoms with Gasteiger partial charge in [0.15, 0.2) is 0 Å². The van der Waals surface area contributed by atoms with Crippen LogP contribution in [0.25, 0.3) is 6.08 Å². The topological polar surface area (TPSA) is 0 Å². The van der Waals surface area contributed by atoms with Crippen molar-refractivity contribution in [1.82, 2.24) is 0 Å². The SMILES string of the molecule is CC(C)(C)C#CC=Cc1ccccc1Br. The molecule has 0 aliphatic carbocycles. The zero-order valence-corrected chi connectivity index (χ0v) is 10.9. The lowest BCUT2D eigenvalue weighted by Crippen LogP contribution is -1.98. The van der Waals surface area contributed by atoms with Crippen LogP contribution < -0.4 is 0 Å². The second kappa shape index (κ2) is 5.19. The van der Waals surface area contributed by atoms with Crippen LogP contribution in [0.15, 0.2) is 34.8 Å². The highest BCUT2D eigenvalue weighted by molar-refractivity contribution is 9.10. The van der Waals surface area contributed by atoms with Gasteiger partial charge in [0.2, 0.25) is 0 Å². The fourth-order valence-corrected chi connectivity index (χ4v) is 1.42. The van der Waals surface area contributed by atoms with Crippen molar-refractivity contribution >= 4 is 22.0 Å². The van der Waals surface area contributed by atoms with Crippen molar-refractivity contribution in [2.24, 2.45) is 5.41 Å². The highest BCUT2D eigenvalue weighted by atomic mass is 79.9. The lowest BCUT2D eigenvalue weighted by atomic mass is 9.98. The minimum Gasteiger partial charge on any atom is -0.0926 e. The largest absolute Gasteiger partial charge is 0.0926 e. The maximum absolute atomic E-state index is 3.49. The van der Waals surface area contributed by atoms with Crippen LogP contribution in [-0.4, -0.2) is 0 Å². The summed E-state index contributed by atoms with van der Waals surface area (Å²) in [7, 11) is 0. The molecule has 78 valence electrons. The molecule has 0 nitrogen and oxygen atoms in total. The average Bonchev–Trinajstić information content (AvgIpc) is 2.13. The quantitative estimate of drug-likeness (QED) is 0.654. The number of rotatable bonds is 1. The fraction of sp³-hybridized carbons (Fsp3) is 0.286. The second-order valence-electron chi connectivity index (χ2n) is 4.37. The van der Waals surface area contributed by atoms with Crippen molar-refractivity contribution < 1.29 is 0 Å². The van der Waals surface area contributed by atoms with Gasteiger partial charge in [-0.1, -0.05) is 46.0 Å². The molecule has 0 amide bonds. The molecule has 0 unspecified atom stereocenters. The molecule has 0 radical (unpaired) electrons. The fourth-order valence-electron chi connectivity index (χ4n) is 1.000. The summed E-state index contributed by atoms with van der Waals surface area (Å²) >= 11 is 3.49. The molecule has 0 heterocycles. The third-order valence-corrected chi connectivity index (χ3v) is 2.42. The Morgan fingerprint density at radius 1 is 1.20 bits per heavy atom. The Kier molecular flexibility index (Phi) is 4.17. The molecule has 0 saturated heterocycles. The molecule has 0 spiro atoms. The smallest absolute Gasteiger partial charge is 0.0247 e. The molecule has 1 aromatic carbocycles. The zero-order chi connectivity index (χ0) is 11.3. The molecule has 0 bridgehead atoms. The van der Waals surface area contributed by atoms with Gasteiger partial charge in [0.05, 0.1) is 0 Å². The van der Waals surface area contributed by atoms with Gasteiger partial charge in [-0.05, 0) is 44.6 Å². The first-order chi connectivity index (χ1) is 6.99. The predicted molar refractivity (Wildman–Crippen MR) is 70.4 cm³/mol. The van der Waals surface area contributed by atoms with Gasteiger partial charge in [-0.3, -0.25) is 0 Å². The van der Waals surface area contributed by atoms with E-state index in [9.17, 15) is 0 Å². The van der Waals surface area contributed by atoms with E-state index in [2.05, 4.69) is 54.6 Å². The van der Waals surface area contributed by atoms with Crippen LogP contribution in [0.4, 0.5) is 0 Å². The van der Waals surface area contributed by atoms with Crippen molar-refractivity contribution in [2.75, 3.05) is 0 Å². The van der Waals surface area contributed by atoms with Crippen LogP contribution in [0.1, 0.15) is 26.3 Å².